The molecule has 0 aliphatic rings. The fourth-order valence-electron chi connectivity index (χ4n) is 1.28. The van der Waals surface area contributed by atoms with Crippen molar-refractivity contribution >= 4 is 23.2 Å². The topological polar surface area (TPSA) is 38.9 Å². The van der Waals surface area contributed by atoms with Crippen molar-refractivity contribution in [2.75, 3.05) is 0 Å². The van der Waals surface area contributed by atoms with Crippen molar-refractivity contribution in [1.82, 2.24) is 10.1 Å². The lowest BCUT2D eigenvalue weighted by molar-refractivity contribution is 0.385. The Morgan fingerprint density at radius 2 is 2.19 bits per heavy atom. The molecule has 0 aliphatic carbocycles. The highest BCUT2D eigenvalue weighted by molar-refractivity contribution is 6.31. The number of hydrogen-bond donors (Lipinski definition) is 0. The fourth-order valence-corrected chi connectivity index (χ4v) is 1.61. The first-order valence-electron chi connectivity index (χ1n) is 4.51. The van der Waals surface area contributed by atoms with Crippen LogP contribution in [0.25, 0.3) is 0 Å². The molecule has 0 N–H and O–H groups in total. The van der Waals surface area contributed by atoms with Crippen molar-refractivity contribution in [1.29, 1.82) is 0 Å². The van der Waals surface area contributed by atoms with E-state index in [1.165, 1.54) is 6.07 Å². The summed E-state index contributed by atoms with van der Waals surface area (Å²) >= 11 is 11.4. The van der Waals surface area contributed by atoms with Gasteiger partial charge in [-0.25, -0.2) is 4.39 Å². The molecular weight excluding hydrogens is 254 g/mol. The van der Waals surface area contributed by atoms with Gasteiger partial charge in [-0.3, -0.25) is 0 Å². The average Bonchev–Trinajstić information content (AvgIpc) is 2.71. The van der Waals surface area contributed by atoms with Gasteiger partial charge in [0.05, 0.1) is 0 Å². The Kier molecular flexibility index (Phi) is 3.41. The Hall–Kier alpha value is -1.13. The summed E-state index contributed by atoms with van der Waals surface area (Å²) in [6.07, 6.45) is 0.186. The van der Waals surface area contributed by atoms with E-state index < -0.39 is 0 Å². The van der Waals surface area contributed by atoms with Crippen LogP contribution in [-0.4, -0.2) is 10.1 Å². The maximum absolute atomic E-state index is 13.4. The number of nitrogens with zero attached hydrogens (tertiary/aromatic N) is 2. The second kappa shape index (κ2) is 4.80. The molecule has 0 fully saturated rings. The zero-order valence-corrected chi connectivity index (χ0v) is 9.59. The van der Waals surface area contributed by atoms with Gasteiger partial charge in [-0.05, 0) is 12.1 Å². The molecule has 2 rings (SSSR count). The van der Waals surface area contributed by atoms with E-state index >= 15 is 0 Å². The predicted molar refractivity (Wildman–Crippen MR) is 58.1 cm³/mol. The zero-order valence-electron chi connectivity index (χ0n) is 8.08. The number of hydrogen-bond acceptors (Lipinski definition) is 3. The second-order valence-electron chi connectivity index (χ2n) is 3.11. The van der Waals surface area contributed by atoms with Crippen LogP contribution in [0.15, 0.2) is 22.7 Å². The minimum absolute atomic E-state index is 0.137. The molecule has 1 aromatic carbocycles. The highest BCUT2D eigenvalue weighted by atomic mass is 35.5. The minimum atomic E-state index is -0.385. The van der Waals surface area contributed by atoms with Gasteiger partial charge in [0, 0.05) is 17.0 Å². The van der Waals surface area contributed by atoms with Crippen LogP contribution in [0.2, 0.25) is 5.02 Å². The normalized spacial score (nSPS) is 10.7. The second-order valence-corrected chi connectivity index (χ2v) is 3.79. The number of benzene rings is 1. The van der Waals surface area contributed by atoms with Crippen molar-refractivity contribution in [3.8, 4) is 0 Å². The fraction of sp³-hybridized carbons (Fsp3) is 0.200. The molecule has 3 nitrogen and oxygen atoms in total. The summed E-state index contributed by atoms with van der Waals surface area (Å²) in [4.78, 5) is 3.97. The SMILES string of the molecule is Fc1cccc(Cl)c1Cc1noc(CCl)n1. The summed E-state index contributed by atoms with van der Waals surface area (Å²) in [7, 11) is 0. The first-order chi connectivity index (χ1) is 7.70. The van der Waals surface area contributed by atoms with Crippen LogP contribution in [0.1, 0.15) is 17.3 Å². The van der Waals surface area contributed by atoms with E-state index in [9.17, 15) is 4.39 Å². The third kappa shape index (κ3) is 2.33. The molecule has 0 aliphatic heterocycles. The van der Waals surface area contributed by atoms with Crippen molar-refractivity contribution in [3.63, 3.8) is 0 Å². The van der Waals surface area contributed by atoms with Gasteiger partial charge in [-0.15, -0.1) is 11.6 Å². The van der Waals surface area contributed by atoms with Crippen LogP contribution in [0.4, 0.5) is 4.39 Å². The van der Waals surface area contributed by atoms with Crippen molar-refractivity contribution < 1.29 is 8.91 Å². The number of rotatable bonds is 3. The predicted octanol–water partition coefficient (Wildman–Crippen LogP) is 3.19. The molecular formula is C10H7Cl2FN2O. The third-order valence-electron chi connectivity index (χ3n) is 2.02. The van der Waals surface area contributed by atoms with Gasteiger partial charge in [-0.2, -0.15) is 4.98 Å². The van der Waals surface area contributed by atoms with Crippen molar-refractivity contribution in [2.45, 2.75) is 12.3 Å². The highest BCUT2D eigenvalue weighted by Crippen LogP contribution is 2.21. The Balaban J connectivity index is 2.26. The summed E-state index contributed by atoms with van der Waals surface area (Å²) in [5, 5.41) is 4.01. The Morgan fingerprint density at radius 1 is 1.38 bits per heavy atom. The van der Waals surface area contributed by atoms with Crippen LogP contribution >= 0.6 is 23.2 Å². The highest BCUT2D eigenvalue weighted by Gasteiger charge is 2.12. The first-order valence-corrected chi connectivity index (χ1v) is 5.42. The van der Waals surface area contributed by atoms with Crippen LogP contribution in [0, 0.1) is 5.82 Å². The molecule has 0 atom stereocenters. The van der Waals surface area contributed by atoms with Gasteiger partial charge in [-0.1, -0.05) is 22.8 Å². The van der Waals surface area contributed by atoms with Crippen molar-refractivity contribution in [2.24, 2.45) is 0 Å². The molecule has 0 radical (unpaired) electrons. The van der Waals surface area contributed by atoms with E-state index in [1.54, 1.807) is 12.1 Å². The van der Waals surface area contributed by atoms with Gasteiger partial charge in [0.1, 0.15) is 11.7 Å². The molecule has 0 saturated carbocycles. The first kappa shape index (κ1) is 11.4. The smallest absolute Gasteiger partial charge is 0.241 e. The van der Waals surface area contributed by atoms with Crippen LogP contribution in [0.3, 0.4) is 0 Å². The molecule has 1 aromatic heterocycles. The van der Waals surface area contributed by atoms with E-state index in [4.69, 9.17) is 27.7 Å². The molecule has 0 spiro atoms. The molecule has 6 heteroatoms. The van der Waals surface area contributed by atoms with Crippen LogP contribution < -0.4 is 0 Å². The van der Waals surface area contributed by atoms with E-state index in [0.29, 0.717) is 22.3 Å². The van der Waals surface area contributed by atoms with E-state index in [1.807, 2.05) is 0 Å². The van der Waals surface area contributed by atoms with Gasteiger partial charge in [0.2, 0.25) is 5.89 Å². The van der Waals surface area contributed by atoms with E-state index in [2.05, 4.69) is 10.1 Å². The maximum atomic E-state index is 13.4. The Labute approximate surface area is 101 Å². The van der Waals surface area contributed by atoms with E-state index in [0.717, 1.165) is 0 Å². The van der Waals surface area contributed by atoms with Gasteiger partial charge >= 0.3 is 0 Å². The van der Waals surface area contributed by atoms with Crippen LogP contribution in [0.5, 0.6) is 0 Å². The van der Waals surface area contributed by atoms with Crippen LogP contribution in [-0.2, 0) is 12.3 Å². The maximum Gasteiger partial charge on any atom is 0.241 e. The summed E-state index contributed by atoms with van der Waals surface area (Å²) in [5.74, 6) is 0.425. The monoisotopic (exact) mass is 260 g/mol. The lowest BCUT2D eigenvalue weighted by atomic mass is 10.1. The molecule has 16 heavy (non-hydrogen) atoms. The number of aromatic nitrogens is 2. The quantitative estimate of drug-likeness (QED) is 0.796. The number of halogens is 3. The summed E-state index contributed by atoms with van der Waals surface area (Å²) in [5.41, 5.74) is 0.353. The lowest BCUT2D eigenvalue weighted by Gasteiger charge is -2.01. The average molecular weight is 261 g/mol. The molecule has 0 saturated heterocycles. The largest absolute Gasteiger partial charge is 0.338 e. The molecule has 2 aromatic rings. The number of alkyl halides is 1. The van der Waals surface area contributed by atoms with Gasteiger partial charge in [0.15, 0.2) is 5.82 Å². The molecule has 0 amide bonds. The van der Waals surface area contributed by atoms with Gasteiger partial charge in [0.25, 0.3) is 0 Å². The van der Waals surface area contributed by atoms with Crippen molar-refractivity contribution in [3.05, 3.63) is 46.3 Å². The zero-order chi connectivity index (χ0) is 11.5. The Bertz CT molecular complexity index is 481. The molecule has 0 unspecified atom stereocenters. The third-order valence-corrected chi connectivity index (χ3v) is 2.60. The standard InChI is InChI=1S/C10H7Cl2FN2O/c11-5-10-14-9(15-16-10)4-6-7(12)2-1-3-8(6)13/h1-3H,4-5H2. The summed E-state index contributed by atoms with van der Waals surface area (Å²) in [6, 6.07) is 4.49. The molecule has 1 heterocycles. The molecule has 84 valence electrons. The minimum Gasteiger partial charge on any atom is -0.338 e. The summed E-state index contributed by atoms with van der Waals surface area (Å²) < 4.78 is 18.2. The van der Waals surface area contributed by atoms with Gasteiger partial charge < -0.3 is 4.52 Å². The van der Waals surface area contributed by atoms with E-state index in [-0.39, 0.29) is 18.1 Å². The molecule has 0 bridgehead atoms. The lowest BCUT2D eigenvalue weighted by Crippen LogP contribution is -1.96. The Morgan fingerprint density at radius 3 is 2.81 bits per heavy atom. The summed E-state index contributed by atoms with van der Waals surface area (Å²) in [6.45, 7) is 0.